The number of β-amino-alcohol motifs (C(OH)–C–C–N with tert-alkyl or cyclic N) is 1. The summed E-state index contributed by atoms with van der Waals surface area (Å²) in [6, 6.07) is -0.776. The van der Waals surface area contributed by atoms with Crippen LogP contribution in [0.4, 0.5) is 4.79 Å². The first kappa shape index (κ1) is 9.98. The molecule has 74 valence electrons. The lowest BCUT2D eigenvalue weighted by molar-refractivity contribution is -0.127. The molecular formula is C8H14N2O3. The molecule has 0 bridgehead atoms. The third-order valence-electron chi connectivity index (χ3n) is 2.01. The van der Waals surface area contributed by atoms with E-state index in [2.05, 4.69) is 5.32 Å². The van der Waals surface area contributed by atoms with E-state index < -0.39 is 6.03 Å². The van der Waals surface area contributed by atoms with Crippen LogP contribution in [0.5, 0.6) is 0 Å². The van der Waals surface area contributed by atoms with Crippen LogP contribution in [0.2, 0.25) is 0 Å². The van der Waals surface area contributed by atoms with E-state index in [-0.39, 0.29) is 25.1 Å². The van der Waals surface area contributed by atoms with E-state index in [1.54, 1.807) is 0 Å². The van der Waals surface area contributed by atoms with Gasteiger partial charge in [-0.25, -0.2) is 4.79 Å². The number of amides is 3. The van der Waals surface area contributed by atoms with Gasteiger partial charge >= 0.3 is 6.03 Å². The number of nitrogens with one attached hydrogen (secondary N) is 1. The number of hydrogen-bond acceptors (Lipinski definition) is 3. The maximum absolute atomic E-state index is 11.4. The standard InChI is InChI=1S/C8H14N2O3/c1-2-3-6-7(12)10(4-5-11)8(13)9-6/h6,11H,2-5H2,1H3,(H,9,13). The van der Waals surface area contributed by atoms with Gasteiger partial charge in [-0.2, -0.15) is 0 Å². The molecule has 1 rings (SSSR count). The van der Waals surface area contributed by atoms with Crippen molar-refractivity contribution >= 4 is 11.9 Å². The average Bonchev–Trinajstić information content (AvgIpc) is 2.34. The van der Waals surface area contributed by atoms with Crippen molar-refractivity contribution in [3.63, 3.8) is 0 Å². The van der Waals surface area contributed by atoms with Gasteiger partial charge in [0.25, 0.3) is 5.91 Å². The van der Waals surface area contributed by atoms with Gasteiger partial charge in [0.1, 0.15) is 6.04 Å². The minimum absolute atomic E-state index is 0.0882. The zero-order chi connectivity index (χ0) is 9.84. The summed E-state index contributed by atoms with van der Waals surface area (Å²) in [6.07, 6.45) is 1.51. The highest BCUT2D eigenvalue weighted by Gasteiger charge is 2.36. The van der Waals surface area contributed by atoms with Crippen LogP contribution in [-0.2, 0) is 4.79 Å². The molecule has 2 N–H and O–H groups in total. The zero-order valence-corrected chi connectivity index (χ0v) is 7.62. The average molecular weight is 186 g/mol. The van der Waals surface area contributed by atoms with Crippen molar-refractivity contribution in [1.29, 1.82) is 0 Å². The Balaban J connectivity index is 2.58. The van der Waals surface area contributed by atoms with Gasteiger partial charge in [0.15, 0.2) is 0 Å². The number of aliphatic hydroxyl groups is 1. The predicted octanol–water partition coefficient (Wildman–Crippen LogP) is -0.301. The molecule has 1 aliphatic rings. The number of imide groups is 1. The van der Waals surface area contributed by atoms with Crippen molar-refractivity contribution in [3.05, 3.63) is 0 Å². The van der Waals surface area contributed by atoms with Crippen LogP contribution >= 0.6 is 0 Å². The summed E-state index contributed by atoms with van der Waals surface area (Å²) >= 11 is 0. The van der Waals surface area contributed by atoms with Crippen LogP contribution in [0.1, 0.15) is 19.8 Å². The molecule has 0 spiro atoms. The fourth-order valence-electron chi connectivity index (χ4n) is 1.37. The highest BCUT2D eigenvalue weighted by Crippen LogP contribution is 2.09. The smallest absolute Gasteiger partial charge is 0.324 e. The molecular weight excluding hydrogens is 172 g/mol. The quantitative estimate of drug-likeness (QED) is 0.592. The van der Waals surface area contributed by atoms with E-state index in [9.17, 15) is 9.59 Å². The Hall–Kier alpha value is -1.10. The maximum atomic E-state index is 11.4. The van der Waals surface area contributed by atoms with Crippen molar-refractivity contribution < 1.29 is 14.7 Å². The number of aliphatic hydroxyl groups excluding tert-OH is 1. The number of rotatable bonds is 4. The van der Waals surface area contributed by atoms with Gasteiger partial charge in [-0.15, -0.1) is 0 Å². The Labute approximate surface area is 76.7 Å². The van der Waals surface area contributed by atoms with Crippen molar-refractivity contribution in [1.82, 2.24) is 10.2 Å². The Morgan fingerprint density at radius 3 is 2.77 bits per heavy atom. The van der Waals surface area contributed by atoms with E-state index in [0.717, 1.165) is 11.3 Å². The summed E-state index contributed by atoms with van der Waals surface area (Å²) in [4.78, 5) is 23.6. The Morgan fingerprint density at radius 1 is 1.54 bits per heavy atom. The fourth-order valence-corrected chi connectivity index (χ4v) is 1.37. The molecule has 0 aliphatic carbocycles. The number of carbonyl (C=O) groups excluding carboxylic acids is 2. The molecule has 1 fully saturated rings. The fraction of sp³-hybridized carbons (Fsp3) is 0.750. The van der Waals surface area contributed by atoms with Crippen LogP contribution in [-0.4, -0.2) is 41.1 Å². The van der Waals surface area contributed by atoms with Crippen LogP contribution in [0, 0.1) is 0 Å². The molecule has 0 radical (unpaired) electrons. The van der Waals surface area contributed by atoms with Crippen LogP contribution in [0.3, 0.4) is 0 Å². The topological polar surface area (TPSA) is 69.6 Å². The van der Waals surface area contributed by atoms with Crippen LogP contribution in [0.15, 0.2) is 0 Å². The summed E-state index contributed by atoms with van der Waals surface area (Å²) in [5.41, 5.74) is 0. The van der Waals surface area contributed by atoms with Crippen LogP contribution in [0.25, 0.3) is 0 Å². The highest BCUT2D eigenvalue weighted by atomic mass is 16.3. The molecule has 5 heteroatoms. The van der Waals surface area contributed by atoms with Gasteiger partial charge in [-0.1, -0.05) is 13.3 Å². The van der Waals surface area contributed by atoms with Crippen LogP contribution < -0.4 is 5.32 Å². The van der Waals surface area contributed by atoms with Crippen molar-refractivity contribution in [2.45, 2.75) is 25.8 Å². The molecule has 0 aromatic carbocycles. The zero-order valence-electron chi connectivity index (χ0n) is 7.62. The number of nitrogens with zero attached hydrogens (tertiary/aromatic N) is 1. The number of carbonyl (C=O) groups is 2. The minimum Gasteiger partial charge on any atom is -0.395 e. The van der Waals surface area contributed by atoms with Gasteiger partial charge < -0.3 is 10.4 Å². The first-order valence-electron chi connectivity index (χ1n) is 4.43. The Bertz CT molecular complexity index is 217. The molecule has 1 atom stereocenters. The third-order valence-corrected chi connectivity index (χ3v) is 2.01. The summed E-state index contributed by atoms with van der Waals surface area (Å²) in [5.74, 6) is -0.221. The van der Waals surface area contributed by atoms with Gasteiger partial charge in [0.05, 0.1) is 13.2 Å². The first-order chi connectivity index (χ1) is 6.20. The number of urea groups is 1. The summed E-state index contributed by atoms with van der Waals surface area (Å²) in [5, 5.41) is 11.2. The second-order valence-corrected chi connectivity index (χ2v) is 3.00. The molecule has 3 amide bonds. The van der Waals surface area contributed by atoms with E-state index in [1.807, 2.05) is 6.92 Å². The third kappa shape index (κ3) is 1.98. The van der Waals surface area contributed by atoms with E-state index in [0.29, 0.717) is 6.42 Å². The molecule has 0 aromatic rings. The van der Waals surface area contributed by atoms with Gasteiger partial charge in [0, 0.05) is 0 Å². The molecule has 1 heterocycles. The van der Waals surface area contributed by atoms with Gasteiger partial charge in [-0.3, -0.25) is 9.69 Å². The molecule has 0 aromatic heterocycles. The second-order valence-electron chi connectivity index (χ2n) is 3.00. The predicted molar refractivity (Wildman–Crippen MR) is 46.0 cm³/mol. The molecule has 5 nitrogen and oxygen atoms in total. The molecule has 1 aliphatic heterocycles. The molecule has 0 saturated carbocycles. The summed E-state index contributed by atoms with van der Waals surface area (Å²) < 4.78 is 0. The van der Waals surface area contributed by atoms with Crippen molar-refractivity contribution in [2.24, 2.45) is 0 Å². The normalized spacial score (nSPS) is 22.3. The lowest BCUT2D eigenvalue weighted by Crippen LogP contribution is -2.33. The second kappa shape index (κ2) is 4.23. The summed E-state index contributed by atoms with van der Waals surface area (Å²) in [6.45, 7) is 1.86. The summed E-state index contributed by atoms with van der Waals surface area (Å²) in [7, 11) is 0. The Morgan fingerprint density at radius 2 is 2.23 bits per heavy atom. The number of hydrogen-bond donors (Lipinski definition) is 2. The minimum atomic E-state index is -0.391. The van der Waals surface area contributed by atoms with Crippen molar-refractivity contribution in [3.8, 4) is 0 Å². The van der Waals surface area contributed by atoms with Gasteiger partial charge in [-0.05, 0) is 6.42 Å². The lowest BCUT2D eigenvalue weighted by atomic mass is 10.2. The Kier molecular flexibility index (Phi) is 3.25. The van der Waals surface area contributed by atoms with E-state index >= 15 is 0 Å². The lowest BCUT2D eigenvalue weighted by Gasteiger charge is -2.09. The molecule has 1 unspecified atom stereocenters. The monoisotopic (exact) mass is 186 g/mol. The molecule has 13 heavy (non-hydrogen) atoms. The largest absolute Gasteiger partial charge is 0.395 e. The maximum Gasteiger partial charge on any atom is 0.324 e. The SMILES string of the molecule is CCCC1NC(=O)N(CCO)C1=O. The van der Waals surface area contributed by atoms with E-state index in [1.165, 1.54) is 0 Å². The van der Waals surface area contributed by atoms with E-state index in [4.69, 9.17) is 5.11 Å². The molecule has 1 saturated heterocycles. The van der Waals surface area contributed by atoms with Gasteiger partial charge in [0.2, 0.25) is 0 Å². The van der Waals surface area contributed by atoms with Crippen molar-refractivity contribution in [2.75, 3.05) is 13.2 Å². The highest BCUT2D eigenvalue weighted by molar-refractivity contribution is 6.04. The first-order valence-corrected chi connectivity index (χ1v) is 4.43.